The van der Waals surface area contributed by atoms with Crippen LogP contribution in [-0.4, -0.2) is 25.5 Å². The molecule has 0 unspecified atom stereocenters. The summed E-state index contributed by atoms with van der Waals surface area (Å²) in [6.45, 7) is -0.276. The summed E-state index contributed by atoms with van der Waals surface area (Å²) in [6.07, 6.45) is 4.41. The highest BCUT2D eigenvalue weighted by atomic mass is 32.1. The smallest absolute Gasteiger partial charge is 0.348 e. The van der Waals surface area contributed by atoms with Crippen molar-refractivity contribution in [1.82, 2.24) is 0 Å². The minimum absolute atomic E-state index is 0.267. The van der Waals surface area contributed by atoms with Crippen LogP contribution in [0.3, 0.4) is 0 Å². The highest BCUT2D eigenvalue weighted by Crippen LogP contribution is 2.30. The van der Waals surface area contributed by atoms with E-state index in [0.29, 0.717) is 16.2 Å². The van der Waals surface area contributed by atoms with Crippen molar-refractivity contribution in [3.63, 3.8) is 0 Å². The Labute approximate surface area is 139 Å². The molecule has 0 N–H and O–H groups in total. The summed E-state index contributed by atoms with van der Waals surface area (Å²) >= 11 is 1.49. The molecule has 0 bridgehead atoms. The lowest BCUT2D eigenvalue weighted by molar-refractivity contribution is 0.0478. The van der Waals surface area contributed by atoms with Crippen LogP contribution in [0.2, 0.25) is 0 Å². The molecule has 0 saturated heterocycles. The van der Waals surface area contributed by atoms with Crippen LogP contribution < -0.4 is 4.74 Å². The van der Waals surface area contributed by atoms with Gasteiger partial charge in [0.15, 0.2) is 6.61 Å². The summed E-state index contributed by atoms with van der Waals surface area (Å²) < 4.78 is 10.3. The second-order valence-electron chi connectivity index (χ2n) is 5.47. The fourth-order valence-corrected chi connectivity index (χ4v) is 3.89. The molecule has 0 aliphatic heterocycles. The van der Waals surface area contributed by atoms with Crippen LogP contribution in [0.15, 0.2) is 30.3 Å². The van der Waals surface area contributed by atoms with Crippen LogP contribution >= 0.6 is 11.3 Å². The molecule has 3 rings (SSSR count). The number of benzene rings is 1. The molecule has 0 spiro atoms. The van der Waals surface area contributed by atoms with E-state index in [4.69, 9.17) is 9.47 Å². The summed E-state index contributed by atoms with van der Waals surface area (Å²) in [6, 6.07) is 8.83. The number of ether oxygens (including phenoxy) is 2. The fourth-order valence-electron chi connectivity index (χ4n) is 2.75. The van der Waals surface area contributed by atoms with E-state index in [1.807, 2.05) is 6.07 Å². The van der Waals surface area contributed by atoms with Gasteiger partial charge in [0.25, 0.3) is 0 Å². The minimum atomic E-state index is -0.423. The Morgan fingerprint density at radius 2 is 1.96 bits per heavy atom. The van der Waals surface area contributed by atoms with Gasteiger partial charge in [0.1, 0.15) is 10.6 Å². The van der Waals surface area contributed by atoms with Crippen LogP contribution in [-0.2, 0) is 17.6 Å². The van der Waals surface area contributed by atoms with E-state index in [9.17, 15) is 9.59 Å². The van der Waals surface area contributed by atoms with Crippen molar-refractivity contribution in [2.45, 2.75) is 25.7 Å². The number of hydrogen-bond donors (Lipinski definition) is 0. The maximum atomic E-state index is 12.2. The van der Waals surface area contributed by atoms with Crippen molar-refractivity contribution in [1.29, 1.82) is 0 Å². The van der Waals surface area contributed by atoms with E-state index in [2.05, 4.69) is 0 Å². The molecule has 1 aromatic carbocycles. The molecule has 0 radical (unpaired) electrons. The normalized spacial score (nSPS) is 13.3. The topological polar surface area (TPSA) is 52.6 Å². The minimum Gasteiger partial charge on any atom is -0.496 e. The number of fused-ring (bicyclic) bond motifs is 1. The SMILES string of the molecule is COc1ccccc1C(=O)COC(=O)c1cc2c(s1)CCCC2. The molecule has 0 saturated carbocycles. The van der Waals surface area contributed by atoms with Crippen molar-refractivity contribution in [3.8, 4) is 5.75 Å². The van der Waals surface area contributed by atoms with Crippen molar-refractivity contribution >= 4 is 23.1 Å². The summed E-state index contributed by atoms with van der Waals surface area (Å²) in [5, 5.41) is 0. The van der Waals surface area contributed by atoms with Gasteiger partial charge in [0, 0.05) is 4.88 Å². The summed E-state index contributed by atoms with van der Waals surface area (Å²) in [4.78, 5) is 26.2. The van der Waals surface area contributed by atoms with E-state index >= 15 is 0 Å². The molecule has 0 fully saturated rings. The third kappa shape index (κ3) is 3.45. The number of methoxy groups -OCH3 is 1. The molecule has 120 valence electrons. The molecule has 23 heavy (non-hydrogen) atoms. The van der Waals surface area contributed by atoms with Gasteiger partial charge in [-0.2, -0.15) is 0 Å². The molecule has 4 nitrogen and oxygen atoms in total. The first-order valence-electron chi connectivity index (χ1n) is 7.64. The number of esters is 1. The molecule has 1 aliphatic carbocycles. The third-order valence-corrected chi connectivity index (χ3v) is 5.16. The largest absolute Gasteiger partial charge is 0.496 e. The van der Waals surface area contributed by atoms with Gasteiger partial charge in [-0.05, 0) is 49.4 Å². The number of rotatable bonds is 5. The summed E-state index contributed by atoms with van der Waals surface area (Å²) in [5.74, 6) is -0.204. The van der Waals surface area contributed by atoms with E-state index in [0.717, 1.165) is 12.8 Å². The van der Waals surface area contributed by atoms with Gasteiger partial charge in [-0.25, -0.2) is 4.79 Å². The quantitative estimate of drug-likeness (QED) is 0.620. The Morgan fingerprint density at radius 1 is 1.17 bits per heavy atom. The van der Waals surface area contributed by atoms with Gasteiger partial charge in [-0.3, -0.25) is 4.79 Å². The number of hydrogen-bond acceptors (Lipinski definition) is 5. The molecule has 2 aromatic rings. The molecule has 5 heteroatoms. The Balaban J connectivity index is 1.64. The number of carbonyl (C=O) groups is 2. The lowest BCUT2D eigenvalue weighted by Gasteiger charge is -2.08. The van der Waals surface area contributed by atoms with Crippen molar-refractivity contribution in [3.05, 3.63) is 51.2 Å². The standard InChI is InChI=1S/C18H18O4S/c1-21-15-8-4-3-7-13(15)14(19)11-22-18(20)17-10-12-6-2-5-9-16(12)23-17/h3-4,7-8,10H,2,5-6,9,11H2,1H3. The van der Waals surface area contributed by atoms with Crippen LogP contribution in [0, 0.1) is 0 Å². The average Bonchev–Trinajstić information content (AvgIpc) is 3.03. The molecule has 0 amide bonds. The lowest BCUT2D eigenvalue weighted by Crippen LogP contribution is -2.14. The zero-order valence-corrected chi connectivity index (χ0v) is 13.8. The first kappa shape index (κ1) is 15.7. The summed E-state index contributed by atoms with van der Waals surface area (Å²) in [7, 11) is 1.51. The first-order chi connectivity index (χ1) is 11.2. The second-order valence-corrected chi connectivity index (χ2v) is 6.60. The monoisotopic (exact) mass is 330 g/mol. The van der Waals surface area contributed by atoms with Crippen LogP contribution in [0.25, 0.3) is 0 Å². The third-order valence-electron chi connectivity index (χ3n) is 3.94. The highest BCUT2D eigenvalue weighted by Gasteiger charge is 2.20. The Kier molecular flexibility index (Phi) is 4.76. The average molecular weight is 330 g/mol. The van der Waals surface area contributed by atoms with Gasteiger partial charge in [0.05, 0.1) is 12.7 Å². The predicted molar refractivity (Wildman–Crippen MR) is 88.6 cm³/mol. The van der Waals surface area contributed by atoms with E-state index in [-0.39, 0.29) is 12.4 Å². The van der Waals surface area contributed by atoms with Gasteiger partial charge < -0.3 is 9.47 Å². The molecule has 1 heterocycles. The molecule has 1 aromatic heterocycles. The van der Waals surface area contributed by atoms with E-state index < -0.39 is 5.97 Å². The van der Waals surface area contributed by atoms with Gasteiger partial charge in [-0.15, -0.1) is 11.3 Å². The Hall–Kier alpha value is -2.14. The Morgan fingerprint density at radius 3 is 2.74 bits per heavy atom. The van der Waals surface area contributed by atoms with Gasteiger partial charge in [0.2, 0.25) is 5.78 Å². The number of Topliss-reactive ketones (excluding diaryl/α,β-unsaturated/α-hetero) is 1. The predicted octanol–water partition coefficient (Wildman–Crippen LogP) is 3.68. The molecular weight excluding hydrogens is 312 g/mol. The van der Waals surface area contributed by atoms with E-state index in [1.165, 1.54) is 41.7 Å². The lowest BCUT2D eigenvalue weighted by atomic mass is 9.99. The number of ketones is 1. The molecule has 0 atom stereocenters. The molecule has 1 aliphatic rings. The number of aryl methyl sites for hydroxylation is 2. The fraction of sp³-hybridized carbons (Fsp3) is 0.333. The maximum absolute atomic E-state index is 12.2. The zero-order chi connectivity index (χ0) is 16.2. The zero-order valence-electron chi connectivity index (χ0n) is 13.0. The van der Waals surface area contributed by atoms with Crippen molar-refractivity contribution < 1.29 is 19.1 Å². The van der Waals surface area contributed by atoms with Crippen LogP contribution in [0.1, 0.15) is 43.3 Å². The van der Waals surface area contributed by atoms with E-state index in [1.54, 1.807) is 24.3 Å². The first-order valence-corrected chi connectivity index (χ1v) is 8.45. The van der Waals surface area contributed by atoms with Gasteiger partial charge in [-0.1, -0.05) is 12.1 Å². The summed E-state index contributed by atoms with van der Waals surface area (Å²) in [5.41, 5.74) is 1.68. The van der Waals surface area contributed by atoms with Gasteiger partial charge >= 0.3 is 5.97 Å². The number of carbonyl (C=O) groups excluding carboxylic acids is 2. The van der Waals surface area contributed by atoms with Crippen LogP contribution in [0.5, 0.6) is 5.75 Å². The van der Waals surface area contributed by atoms with Crippen molar-refractivity contribution in [2.24, 2.45) is 0 Å². The van der Waals surface area contributed by atoms with Crippen LogP contribution in [0.4, 0.5) is 0 Å². The highest BCUT2D eigenvalue weighted by molar-refractivity contribution is 7.14. The number of thiophene rings is 1. The number of para-hydroxylation sites is 1. The Bertz CT molecular complexity index is 709. The maximum Gasteiger partial charge on any atom is 0.348 e. The second kappa shape index (κ2) is 6.96. The van der Waals surface area contributed by atoms with Crippen molar-refractivity contribution in [2.75, 3.05) is 13.7 Å². The molecular formula is C18H18O4S.